The van der Waals surface area contributed by atoms with E-state index < -0.39 is 6.04 Å². The monoisotopic (exact) mass is 741 g/mol. The predicted molar refractivity (Wildman–Crippen MR) is 213 cm³/mol. The number of benzene rings is 1. The second-order valence-corrected chi connectivity index (χ2v) is 16.9. The highest BCUT2D eigenvalue weighted by Crippen LogP contribution is 2.32. The number of rotatable bonds is 14. The number of piperidine rings is 1. The lowest BCUT2D eigenvalue weighted by molar-refractivity contribution is -0.144. The maximum Gasteiger partial charge on any atom is 0.288 e. The van der Waals surface area contributed by atoms with Gasteiger partial charge in [-0.05, 0) is 115 Å². The summed E-state index contributed by atoms with van der Waals surface area (Å²) in [5.74, 6) is 0.737. The minimum atomic E-state index is -0.574. The molecule has 53 heavy (non-hydrogen) atoms. The van der Waals surface area contributed by atoms with E-state index in [-0.39, 0.29) is 29.9 Å². The van der Waals surface area contributed by atoms with Gasteiger partial charge in [0.25, 0.3) is 6.02 Å². The van der Waals surface area contributed by atoms with E-state index in [1.165, 1.54) is 37.1 Å². The number of aliphatic imine (C=N–C) groups is 1. The number of thiophene rings is 1. The average Bonchev–Trinajstić information content (AvgIpc) is 3.81. The molecule has 4 aliphatic rings. The topological polar surface area (TPSA) is 116 Å². The highest BCUT2D eigenvalue weighted by molar-refractivity contribution is 7.19. The number of ether oxygens (including phenoxy) is 1. The summed E-state index contributed by atoms with van der Waals surface area (Å²) in [6.07, 6.45) is 15.6. The molecule has 3 fully saturated rings. The molecule has 1 aliphatic carbocycles. The van der Waals surface area contributed by atoms with Crippen LogP contribution in [0.5, 0.6) is 0 Å². The number of unbranched alkanes of at least 4 members (excludes halogenated alkanes) is 1. The molecular formula is C42H59N7O3S. The quantitative estimate of drug-likeness (QED) is 0.195. The second-order valence-electron chi connectivity index (χ2n) is 15.8. The van der Waals surface area contributed by atoms with Gasteiger partial charge in [0.1, 0.15) is 12.1 Å². The number of amides is 1. The van der Waals surface area contributed by atoms with Crippen LogP contribution in [0.4, 0.5) is 0 Å². The fourth-order valence-corrected chi connectivity index (χ4v) is 9.83. The number of nitrogens with one attached hydrogen (secondary N) is 1. The molecule has 1 amide bonds. The van der Waals surface area contributed by atoms with Crippen molar-refractivity contribution in [2.45, 2.75) is 114 Å². The van der Waals surface area contributed by atoms with Crippen LogP contribution in [0.25, 0.3) is 10.1 Å². The molecule has 0 unspecified atom stereocenters. The van der Waals surface area contributed by atoms with Gasteiger partial charge in [-0.3, -0.25) is 14.6 Å². The van der Waals surface area contributed by atoms with E-state index in [0.29, 0.717) is 50.5 Å². The molecule has 0 spiro atoms. The smallest absolute Gasteiger partial charge is 0.288 e. The van der Waals surface area contributed by atoms with Crippen LogP contribution < -0.4 is 11.1 Å². The summed E-state index contributed by atoms with van der Waals surface area (Å²) in [5.41, 5.74) is 7.11. The fourth-order valence-electron chi connectivity index (χ4n) is 8.80. The number of hydrogen-bond donors (Lipinski definition) is 2. The van der Waals surface area contributed by atoms with E-state index in [1.807, 2.05) is 41.6 Å². The predicted octanol–water partition coefficient (Wildman–Crippen LogP) is 5.96. The van der Waals surface area contributed by atoms with Crippen molar-refractivity contribution in [2.24, 2.45) is 16.6 Å². The van der Waals surface area contributed by atoms with Gasteiger partial charge >= 0.3 is 0 Å². The number of carbonyl (C=O) groups is 2. The number of carbonyl (C=O) groups excluding carboxylic acids is 2. The molecule has 2 aromatic heterocycles. The van der Waals surface area contributed by atoms with Crippen LogP contribution in [0.2, 0.25) is 0 Å². The highest BCUT2D eigenvalue weighted by Gasteiger charge is 2.41. The Labute approximate surface area is 319 Å². The van der Waals surface area contributed by atoms with E-state index in [0.717, 1.165) is 73.9 Å². The summed E-state index contributed by atoms with van der Waals surface area (Å²) in [6, 6.07) is 14.3. The van der Waals surface area contributed by atoms with Gasteiger partial charge in [-0.25, -0.2) is 4.99 Å². The Kier molecular flexibility index (Phi) is 13.1. The molecule has 1 saturated carbocycles. The molecule has 3 N–H and O–H groups in total. The largest absolute Gasteiger partial charge is 0.455 e. The maximum absolute atomic E-state index is 14.8. The molecule has 10 nitrogen and oxygen atoms in total. The molecule has 1 aromatic carbocycles. The van der Waals surface area contributed by atoms with Crippen molar-refractivity contribution in [3.05, 3.63) is 65.3 Å². The number of amidine groups is 1. The first-order valence-electron chi connectivity index (χ1n) is 20.3. The van der Waals surface area contributed by atoms with Gasteiger partial charge in [0.2, 0.25) is 5.91 Å². The molecule has 3 aromatic rings. The Morgan fingerprint density at radius 1 is 1.02 bits per heavy atom. The lowest BCUT2D eigenvalue weighted by Gasteiger charge is -2.43. The maximum atomic E-state index is 14.8. The number of aromatic nitrogens is 1. The molecule has 3 aliphatic heterocycles. The highest BCUT2D eigenvalue weighted by atomic mass is 32.1. The Morgan fingerprint density at radius 2 is 1.83 bits per heavy atom. The lowest BCUT2D eigenvalue weighted by Crippen LogP contribution is -2.63. The summed E-state index contributed by atoms with van der Waals surface area (Å²) in [7, 11) is 0. The van der Waals surface area contributed by atoms with Crippen molar-refractivity contribution in [2.75, 3.05) is 45.8 Å². The van der Waals surface area contributed by atoms with Crippen molar-refractivity contribution in [1.29, 1.82) is 0 Å². The van der Waals surface area contributed by atoms with Crippen molar-refractivity contribution >= 4 is 39.1 Å². The van der Waals surface area contributed by atoms with Crippen molar-refractivity contribution in [3.63, 3.8) is 0 Å². The third kappa shape index (κ3) is 9.65. The van der Waals surface area contributed by atoms with Gasteiger partial charge in [-0.1, -0.05) is 43.2 Å². The number of nitrogens with zero attached hydrogens (tertiary/aromatic N) is 5. The summed E-state index contributed by atoms with van der Waals surface area (Å²) >= 11 is 1.72. The summed E-state index contributed by atoms with van der Waals surface area (Å²) in [4.78, 5) is 46.2. The minimum Gasteiger partial charge on any atom is -0.455 e. The Morgan fingerprint density at radius 3 is 2.60 bits per heavy atom. The number of piperazine rings is 1. The van der Waals surface area contributed by atoms with Gasteiger partial charge in [-0.15, -0.1) is 11.3 Å². The van der Waals surface area contributed by atoms with Crippen LogP contribution in [0.15, 0.2) is 59.9 Å². The van der Waals surface area contributed by atoms with Gasteiger partial charge in [-0.2, -0.15) is 0 Å². The Hall–Kier alpha value is -3.38. The standard InChI is InChI=1S/C42H59N7O3S/c1-30-40(32-10-4-2-5-11-32)52-42(45-30)48-24-25-49(37(29-48)38(50)18-17-35-26-33-28-44-20-19-39(33)53-35)41(51)36(46-34-15-13-31(27-43)14-16-34)12-6-9-23-47-21-7-3-8-22-47/h2,4-5,10-11,19-20,26,28,30-31,34,36-37,40,46H,3,6-9,12-18,21-25,27,29,43H2,1H3/t30-,31?,34?,36+,37-,40+/m0/s1. The minimum absolute atomic E-state index is 0.0449. The van der Waals surface area contributed by atoms with Crippen LogP contribution in [0.3, 0.4) is 0 Å². The molecule has 286 valence electrons. The Bertz CT molecular complexity index is 1640. The molecular weight excluding hydrogens is 683 g/mol. The number of pyridine rings is 1. The first-order chi connectivity index (χ1) is 25.9. The van der Waals surface area contributed by atoms with E-state index in [9.17, 15) is 9.59 Å². The van der Waals surface area contributed by atoms with Gasteiger partial charge in [0.15, 0.2) is 5.78 Å². The number of nitrogens with two attached hydrogens (primary N) is 1. The number of aryl methyl sites for hydroxylation is 1. The van der Waals surface area contributed by atoms with Crippen LogP contribution in [-0.2, 0) is 20.7 Å². The Balaban J connectivity index is 1.07. The van der Waals surface area contributed by atoms with E-state index in [1.54, 1.807) is 11.3 Å². The van der Waals surface area contributed by atoms with Crippen LogP contribution in [0, 0.1) is 5.92 Å². The first-order valence-corrected chi connectivity index (χ1v) is 21.1. The molecule has 0 radical (unpaired) electrons. The number of Topliss-reactive ketones (excluding diaryl/α,β-unsaturated/α-hetero) is 1. The summed E-state index contributed by atoms with van der Waals surface area (Å²) < 4.78 is 7.68. The molecule has 5 heterocycles. The molecule has 11 heteroatoms. The third-order valence-corrected chi connectivity index (χ3v) is 13.2. The number of fused-ring (bicyclic) bond motifs is 1. The van der Waals surface area contributed by atoms with Gasteiger partial charge in [0, 0.05) is 59.5 Å². The summed E-state index contributed by atoms with van der Waals surface area (Å²) in [5, 5.41) is 4.95. The second kappa shape index (κ2) is 18.3. The molecule has 0 bridgehead atoms. The first kappa shape index (κ1) is 37.9. The molecule has 7 rings (SSSR count). The van der Waals surface area contributed by atoms with E-state index >= 15 is 0 Å². The normalized spacial score (nSPS) is 26.0. The van der Waals surface area contributed by atoms with Gasteiger partial charge < -0.3 is 30.5 Å². The third-order valence-electron chi connectivity index (χ3n) is 12.0. The molecule has 4 atom stereocenters. The van der Waals surface area contributed by atoms with Crippen molar-refractivity contribution < 1.29 is 14.3 Å². The average molecular weight is 742 g/mol. The van der Waals surface area contributed by atoms with Crippen molar-refractivity contribution in [1.82, 2.24) is 25.0 Å². The zero-order valence-corrected chi connectivity index (χ0v) is 32.4. The lowest BCUT2D eigenvalue weighted by atomic mass is 9.85. The van der Waals surface area contributed by atoms with Crippen LogP contribution in [0.1, 0.15) is 94.1 Å². The van der Waals surface area contributed by atoms with Crippen LogP contribution >= 0.6 is 11.3 Å². The number of likely N-dealkylation sites (tertiary alicyclic amines) is 1. The number of ketones is 1. The van der Waals surface area contributed by atoms with E-state index in [4.69, 9.17) is 15.5 Å². The SMILES string of the molecule is C[C@@H]1N=C(N2CCN(C(=O)[C@@H](CCCCN3CCCCC3)NC3CCC(CN)CC3)[C@H](C(=O)CCc3cc4cnccc4s3)C2)O[C@H]1c1ccccc1. The molecule has 2 saturated heterocycles. The summed E-state index contributed by atoms with van der Waals surface area (Å²) in [6.45, 7) is 7.72. The van der Waals surface area contributed by atoms with E-state index in [2.05, 4.69) is 45.2 Å². The zero-order chi connectivity index (χ0) is 36.6. The van der Waals surface area contributed by atoms with Crippen LogP contribution in [-0.4, -0.2) is 107 Å². The fraction of sp³-hybridized carbons (Fsp3) is 0.619. The zero-order valence-electron chi connectivity index (χ0n) is 31.5. The van der Waals surface area contributed by atoms with Crippen molar-refractivity contribution in [3.8, 4) is 0 Å². The van der Waals surface area contributed by atoms with Gasteiger partial charge in [0.05, 0.1) is 12.1 Å². The number of hydrogen-bond acceptors (Lipinski definition) is 10.